The van der Waals surface area contributed by atoms with Gasteiger partial charge in [-0.05, 0) is 56.2 Å². The van der Waals surface area contributed by atoms with Crippen LogP contribution in [0.4, 0.5) is 0 Å². The van der Waals surface area contributed by atoms with Gasteiger partial charge in [0, 0.05) is 44.9 Å². The van der Waals surface area contributed by atoms with Crippen LogP contribution in [0.5, 0.6) is 17.4 Å². The number of ether oxygens (including phenoxy) is 3. The van der Waals surface area contributed by atoms with Gasteiger partial charge in [0.1, 0.15) is 11.5 Å². The lowest BCUT2D eigenvalue weighted by Crippen LogP contribution is -2.41. The van der Waals surface area contributed by atoms with Crippen molar-refractivity contribution in [2.75, 3.05) is 40.0 Å². The van der Waals surface area contributed by atoms with Gasteiger partial charge in [0.05, 0.1) is 19.8 Å². The number of halogens is 1. The molecule has 0 radical (unpaired) electrons. The monoisotopic (exact) mass is 540 g/mol. The van der Waals surface area contributed by atoms with E-state index in [1.54, 1.807) is 6.20 Å². The van der Waals surface area contributed by atoms with E-state index in [4.69, 9.17) is 19.2 Å². The maximum Gasteiger partial charge on any atom is 0.219 e. The lowest BCUT2D eigenvalue weighted by molar-refractivity contribution is 0.181. The molecule has 1 unspecified atom stereocenters. The molecule has 7 nitrogen and oxygen atoms in total. The van der Waals surface area contributed by atoms with Crippen LogP contribution >= 0.6 is 24.0 Å². The minimum absolute atomic E-state index is 0. The van der Waals surface area contributed by atoms with Crippen molar-refractivity contribution in [3.63, 3.8) is 0 Å². The van der Waals surface area contributed by atoms with Crippen LogP contribution in [0, 0.1) is 5.92 Å². The van der Waals surface area contributed by atoms with Crippen molar-refractivity contribution in [2.45, 2.75) is 26.8 Å². The van der Waals surface area contributed by atoms with Gasteiger partial charge in [0.2, 0.25) is 5.88 Å². The second kappa shape index (κ2) is 13.4. The van der Waals surface area contributed by atoms with Crippen molar-refractivity contribution in [3.05, 3.63) is 48.2 Å². The summed E-state index contributed by atoms with van der Waals surface area (Å²) in [6.45, 7) is 8.70. The lowest BCUT2D eigenvalue weighted by atomic mass is 10.1. The highest BCUT2D eigenvalue weighted by Crippen LogP contribution is 2.23. The smallest absolute Gasteiger partial charge is 0.219 e. The van der Waals surface area contributed by atoms with E-state index in [1.165, 1.54) is 0 Å². The summed E-state index contributed by atoms with van der Waals surface area (Å²) in [6.07, 6.45) is 2.86. The van der Waals surface area contributed by atoms with Crippen molar-refractivity contribution in [1.29, 1.82) is 0 Å². The predicted octanol–water partition coefficient (Wildman–Crippen LogP) is 4.32. The van der Waals surface area contributed by atoms with Crippen LogP contribution < -0.4 is 14.8 Å². The van der Waals surface area contributed by atoms with Crippen LogP contribution in [0.2, 0.25) is 0 Å². The Labute approximate surface area is 202 Å². The Hall–Kier alpha value is -2.07. The van der Waals surface area contributed by atoms with E-state index in [0.717, 1.165) is 55.7 Å². The Morgan fingerprint density at radius 1 is 1.23 bits per heavy atom. The van der Waals surface area contributed by atoms with Crippen molar-refractivity contribution < 1.29 is 14.2 Å². The first kappa shape index (κ1) is 25.2. The van der Waals surface area contributed by atoms with Crippen molar-refractivity contribution in [1.82, 2.24) is 15.2 Å². The number of hydrogen-bond donors (Lipinski definition) is 1. The first-order valence-corrected chi connectivity index (χ1v) is 10.6. The van der Waals surface area contributed by atoms with Crippen LogP contribution in [0.1, 0.15) is 25.8 Å². The number of nitrogens with zero attached hydrogens (tertiary/aromatic N) is 3. The van der Waals surface area contributed by atoms with E-state index >= 15 is 0 Å². The number of benzene rings is 1. The quantitative estimate of drug-likeness (QED) is 0.290. The number of pyridine rings is 1. The molecule has 1 aliphatic heterocycles. The molecule has 1 aromatic carbocycles. The second-order valence-electron chi connectivity index (χ2n) is 7.29. The molecule has 0 amide bonds. The third kappa shape index (κ3) is 8.17. The highest BCUT2D eigenvalue weighted by Gasteiger charge is 2.19. The van der Waals surface area contributed by atoms with Crippen molar-refractivity contribution in [2.24, 2.45) is 10.9 Å². The van der Waals surface area contributed by atoms with Gasteiger partial charge in [-0.3, -0.25) is 0 Å². The molecule has 0 bridgehead atoms. The van der Waals surface area contributed by atoms with Gasteiger partial charge < -0.3 is 24.4 Å². The second-order valence-corrected chi connectivity index (χ2v) is 7.29. The third-order valence-corrected chi connectivity index (χ3v) is 4.82. The zero-order chi connectivity index (χ0) is 21.2. The zero-order valence-corrected chi connectivity index (χ0v) is 20.9. The standard InChI is InChI=1S/C23H32N4O3.HI/c1-4-24-23(27(3)16-19-11-13-28-17-19)26-15-18-10-12-25-22(14-18)30-21-8-6-20(7-9-21)29-5-2;/h6-10,12,14,19H,4-5,11,13,15-17H2,1-3H3,(H,24,26);1H. The number of nitrogens with one attached hydrogen (secondary N) is 1. The van der Waals surface area contributed by atoms with Crippen molar-refractivity contribution in [3.8, 4) is 17.4 Å². The minimum atomic E-state index is 0. The molecule has 3 rings (SSSR count). The van der Waals surface area contributed by atoms with Crippen LogP contribution in [0.25, 0.3) is 0 Å². The molecule has 0 saturated carbocycles. The molecule has 0 spiro atoms. The average molecular weight is 540 g/mol. The third-order valence-electron chi connectivity index (χ3n) is 4.82. The molecule has 1 N–H and O–H groups in total. The molecule has 1 atom stereocenters. The fourth-order valence-corrected chi connectivity index (χ4v) is 3.33. The van der Waals surface area contributed by atoms with Gasteiger partial charge >= 0.3 is 0 Å². The van der Waals surface area contributed by atoms with Gasteiger partial charge in [-0.25, -0.2) is 9.98 Å². The summed E-state index contributed by atoms with van der Waals surface area (Å²) in [4.78, 5) is 11.3. The first-order valence-electron chi connectivity index (χ1n) is 10.6. The Balaban J connectivity index is 0.00000341. The highest BCUT2D eigenvalue weighted by molar-refractivity contribution is 14.0. The summed E-state index contributed by atoms with van der Waals surface area (Å²) in [5.74, 6) is 3.56. The molecule has 2 aromatic rings. The fraction of sp³-hybridized carbons (Fsp3) is 0.478. The molecule has 8 heteroatoms. The maximum absolute atomic E-state index is 5.89. The largest absolute Gasteiger partial charge is 0.494 e. The fourth-order valence-electron chi connectivity index (χ4n) is 3.33. The van der Waals surface area contributed by atoms with Crippen LogP contribution in [0.15, 0.2) is 47.6 Å². The summed E-state index contributed by atoms with van der Waals surface area (Å²) in [5.41, 5.74) is 1.04. The van der Waals surface area contributed by atoms with Gasteiger partial charge in [-0.15, -0.1) is 24.0 Å². The Morgan fingerprint density at radius 2 is 2.00 bits per heavy atom. The molecule has 1 saturated heterocycles. The van der Waals surface area contributed by atoms with Gasteiger partial charge in [-0.1, -0.05) is 0 Å². The molecule has 1 aromatic heterocycles. The SMILES string of the molecule is CCNC(=NCc1ccnc(Oc2ccc(OCC)cc2)c1)N(C)CC1CCOC1.I. The van der Waals surface area contributed by atoms with Crippen LogP contribution in [0.3, 0.4) is 0 Å². The molecule has 1 aliphatic rings. The van der Waals surface area contributed by atoms with E-state index in [-0.39, 0.29) is 24.0 Å². The maximum atomic E-state index is 5.89. The van der Waals surface area contributed by atoms with Crippen LogP contribution in [-0.4, -0.2) is 55.8 Å². The van der Waals surface area contributed by atoms with Gasteiger partial charge in [0.25, 0.3) is 0 Å². The van der Waals surface area contributed by atoms with Crippen LogP contribution in [-0.2, 0) is 11.3 Å². The molecule has 0 aliphatic carbocycles. The number of rotatable bonds is 9. The Morgan fingerprint density at radius 3 is 2.68 bits per heavy atom. The number of aliphatic imine (C=N–C) groups is 1. The Bertz CT molecular complexity index is 811. The lowest BCUT2D eigenvalue weighted by Gasteiger charge is -2.24. The summed E-state index contributed by atoms with van der Waals surface area (Å²) >= 11 is 0. The molecule has 170 valence electrons. The van der Waals surface area contributed by atoms with Gasteiger partial charge in [-0.2, -0.15) is 0 Å². The average Bonchev–Trinajstić information content (AvgIpc) is 3.26. The minimum Gasteiger partial charge on any atom is -0.494 e. The molecule has 2 heterocycles. The molecular formula is C23H33IN4O3. The summed E-state index contributed by atoms with van der Waals surface area (Å²) in [7, 11) is 2.08. The molecule has 31 heavy (non-hydrogen) atoms. The normalized spacial score (nSPS) is 15.8. The number of hydrogen-bond acceptors (Lipinski definition) is 5. The van der Waals surface area contributed by atoms with E-state index in [2.05, 4.69) is 29.2 Å². The highest BCUT2D eigenvalue weighted by atomic mass is 127. The van der Waals surface area contributed by atoms with E-state index < -0.39 is 0 Å². The Kier molecular flexibility index (Phi) is 10.9. The first-order chi connectivity index (χ1) is 14.7. The van der Waals surface area contributed by atoms with Crippen molar-refractivity contribution >= 4 is 29.9 Å². The number of aromatic nitrogens is 1. The summed E-state index contributed by atoms with van der Waals surface area (Å²) in [6, 6.07) is 11.4. The zero-order valence-electron chi connectivity index (χ0n) is 18.5. The summed E-state index contributed by atoms with van der Waals surface area (Å²) in [5, 5.41) is 3.37. The van der Waals surface area contributed by atoms with E-state index in [9.17, 15) is 0 Å². The molecular weight excluding hydrogens is 507 g/mol. The van der Waals surface area contributed by atoms with E-state index in [0.29, 0.717) is 24.9 Å². The topological polar surface area (TPSA) is 68.2 Å². The van der Waals surface area contributed by atoms with Gasteiger partial charge in [0.15, 0.2) is 5.96 Å². The number of guanidine groups is 1. The van der Waals surface area contributed by atoms with E-state index in [1.807, 2.05) is 43.3 Å². The predicted molar refractivity (Wildman–Crippen MR) is 134 cm³/mol. The molecule has 1 fully saturated rings. The summed E-state index contributed by atoms with van der Waals surface area (Å²) < 4.78 is 16.8.